The number of hydrogen-bond donors (Lipinski definition) is 1. The average Bonchev–Trinajstić information content (AvgIpc) is 2.19. The Labute approximate surface area is 86.3 Å². The molecule has 1 aromatic rings. The van der Waals surface area contributed by atoms with Gasteiger partial charge < -0.3 is 4.98 Å². The molecule has 1 N–H and O–H groups in total. The van der Waals surface area contributed by atoms with Crippen molar-refractivity contribution < 1.29 is 0 Å². The van der Waals surface area contributed by atoms with Gasteiger partial charge in [0.15, 0.2) is 0 Å². The van der Waals surface area contributed by atoms with E-state index in [1.807, 2.05) is 0 Å². The van der Waals surface area contributed by atoms with Gasteiger partial charge in [0.1, 0.15) is 0 Å². The highest BCUT2D eigenvalue weighted by Crippen LogP contribution is 1.97. The lowest BCUT2D eigenvalue weighted by atomic mass is 10.2. The zero-order chi connectivity index (χ0) is 9.36. The first-order chi connectivity index (χ1) is 6.43. The highest BCUT2D eigenvalue weighted by Gasteiger charge is 1.90. The molecule has 0 bridgehead atoms. The minimum atomic E-state index is 0.0801. The summed E-state index contributed by atoms with van der Waals surface area (Å²) < 4.78 is 0. The van der Waals surface area contributed by atoms with Crippen molar-refractivity contribution in [2.45, 2.75) is 18.5 Å². The summed E-state index contributed by atoms with van der Waals surface area (Å²) in [7, 11) is 1.46. The van der Waals surface area contributed by atoms with Crippen molar-refractivity contribution >= 4 is 19.9 Å². The van der Waals surface area contributed by atoms with E-state index < -0.39 is 0 Å². The monoisotopic (exact) mass is 209 g/mol. The maximum Gasteiger partial charge on any atom is 0.0913 e. The first-order valence-corrected chi connectivity index (χ1v) is 8.30. The summed E-state index contributed by atoms with van der Waals surface area (Å²) in [5.41, 5.74) is 1.45. The van der Waals surface area contributed by atoms with E-state index in [0.717, 1.165) is 0 Å². The molecule has 0 aliphatic heterocycles. The highest BCUT2D eigenvalue weighted by molar-refractivity contribution is 6.34. The van der Waals surface area contributed by atoms with Gasteiger partial charge in [0, 0.05) is 10.2 Å². The van der Waals surface area contributed by atoms with Crippen LogP contribution in [0.1, 0.15) is 5.56 Å². The third-order valence-electron chi connectivity index (χ3n) is 2.14. The van der Waals surface area contributed by atoms with Crippen LogP contribution in [0.4, 0.5) is 0 Å². The molecule has 3 heteroatoms. The molecule has 0 atom stereocenters. The van der Waals surface area contributed by atoms with E-state index in [1.165, 1.54) is 40.9 Å². The Bertz CT molecular complexity index is 213. The van der Waals surface area contributed by atoms with Crippen LogP contribution in [0.2, 0.25) is 12.1 Å². The molecular formula is C10H19NSi2. The number of rotatable bonds is 6. The third kappa shape index (κ3) is 5.03. The Morgan fingerprint density at radius 2 is 2.00 bits per heavy atom. The van der Waals surface area contributed by atoms with Crippen molar-refractivity contribution in [2.24, 2.45) is 0 Å². The van der Waals surface area contributed by atoms with Crippen LogP contribution in [-0.2, 0) is 6.42 Å². The van der Waals surface area contributed by atoms with Crippen LogP contribution in [-0.4, -0.2) is 26.5 Å². The largest absolute Gasteiger partial charge is 0.342 e. The van der Waals surface area contributed by atoms with Crippen LogP contribution in [0.15, 0.2) is 30.3 Å². The molecule has 0 aliphatic rings. The molecule has 0 saturated heterocycles. The van der Waals surface area contributed by atoms with E-state index >= 15 is 0 Å². The second-order valence-electron chi connectivity index (χ2n) is 3.34. The third-order valence-corrected chi connectivity index (χ3v) is 6.03. The molecule has 0 heterocycles. The lowest BCUT2D eigenvalue weighted by Gasteiger charge is -2.02. The van der Waals surface area contributed by atoms with Gasteiger partial charge in [0.2, 0.25) is 0 Å². The fourth-order valence-electron chi connectivity index (χ4n) is 1.30. The molecule has 0 aliphatic carbocycles. The Balaban J connectivity index is 2.07. The highest BCUT2D eigenvalue weighted by atomic mass is 28.2. The van der Waals surface area contributed by atoms with Gasteiger partial charge in [-0.2, -0.15) is 0 Å². The summed E-state index contributed by atoms with van der Waals surface area (Å²) in [6.07, 6.45) is 1.19. The van der Waals surface area contributed by atoms with Crippen molar-refractivity contribution in [3.63, 3.8) is 0 Å². The molecule has 0 amide bonds. The van der Waals surface area contributed by atoms with Crippen molar-refractivity contribution in [2.75, 3.05) is 6.54 Å². The molecule has 13 heavy (non-hydrogen) atoms. The molecular weight excluding hydrogens is 190 g/mol. The topological polar surface area (TPSA) is 12.0 Å². The lowest BCUT2D eigenvalue weighted by Crippen LogP contribution is -2.21. The number of nitrogens with one attached hydrogen (secondary N) is 1. The van der Waals surface area contributed by atoms with E-state index in [1.54, 1.807) is 0 Å². The first-order valence-electron chi connectivity index (χ1n) is 5.18. The van der Waals surface area contributed by atoms with E-state index in [9.17, 15) is 0 Å². The fourth-order valence-corrected chi connectivity index (χ4v) is 3.40. The van der Waals surface area contributed by atoms with Crippen molar-refractivity contribution in [1.29, 1.82) is 0 Å². The molecule has 0 spiro atoms. The Morgan fingerprint density at radius 3 is 2.69 bits per heavy atom. The number of benzene rings is 1. The smallest absolute Gasteiger partial charge is 0.0913 e. The maximum absolute atomic E-state index is 3.60. The summed E-state index contributed by atoms with van der Waals surface area (Å²) in [5.74, 6) is 0. The number of hydrogen-bond acceptors (Lipinski definition) is 1. The SMILES string of the molecule is [SiH3]CC[SiH2]NCCc1ccccc1. The van der Waals surface area contributed by atoms with Gasteiger partial charge >= 0.3 is 0 Å². The zero-order valence-electron chi connectivity index (χ0n) is 8.42. The lowest BCUT2D eigenvalue weighted by molar-refractivity contribution is 0.885. The van der Waals surface area contributed by atoms with Crippen LogP contribution in [0.5, 0.6) is 0 Å². The second kappa shape index (κ2) is 7.06. The predicted octanol–water partition coefficient (Wildman–Crippen LogP) is 0.104. The average molecular weight is 209 g/mol. The maximum atomic E-state index is 3.60. The van der Waals surface area contributed by atoms with Crippen LogP contribution in [0.3, 0.4) is 0 Å². The molecule has 0 unspecified atom stereocenters. The van der Waals surface area contributed by atoms with Gasteiger partial charge in [-0.25, -0.2) is 0 Å². The summed E-state index contributed by atoms with van der Waals surface area (Å²) >= 11 is 0. The molecule has 1 rings (SSSR count). The van der Waals surface area contributed by atoms with Gasteiger partial charge in [-0.05, 0) is 18.5 Å². The van der Waals surface area contributed by atoms with Crippen molar-refractivity contribution in [1.82, 2.24) is 4.98 Å². The Morgan fingerprint density at radius 1 is 1.23 bits per heavy atom. The van der Waals surface area contributed by atoms with Crippen molar-refractivity contribution in [3.05, 3.63) is 35.9 Å². The van der Waals surface area contributed by atoms with Crippen LogP contribution in [0, 0.1) is 0 Å². The second-order valence-corrected chi connectivity index (χ2v) is 6.05. The van der Waals surface area contributed by atoms with E-state index in [4.69, 9.17) is 0 Å². The molecule has 0 fully saturated rings. The standard InChI is InChI=1S/C10H19NSi2/c12-8-9-13-11-7-6-10-4-2-1-3-5-10/h1-5,11H,6-9,13H2,12H3. The summed E-state index contributed by atoms with van der Waals surface area (Å²) in [5, 5.41) is 0. The Kier molecular flexibility index (Phi) is 5.81. The minimum absolute atomic E-state index is 0.0801. The van der Waals surface area contributed by atoms with Crippen LogP contribution >= 0.6 is 0 Å². The Hall–Kier alpha value is -0.386. The van der Waals surface area contributed by atoms with E-state index in [-0.39, 0.29) is 9.68 Å². The summed E-state index contributed by atoms with van der Waals surface area (Å²) in [4.78, 5) is 3.60. The molecule has 72 valence electrons. The van der Waals surface area contributed by atoms with Crippen LogP contribution in [0.25, 0.3) is 0 Å². The fraction of sp³-hybridized carbons (Fsp3) is 0.400. The summed E-state index contributed by atoms with van der Waals surface area (Å²) in [6, 6.07) is 13.7. The summed E-state index contributed by atoms with van der Waals surface area (Å²) in [6.45, 7) is 1.18. The van der Waals surface area contributed by atoms with Gasteiger partial charge in [-0.1, -0.05) is 42.4 Å². The van der Waals surface area contributed by atoms with Crippen LogP contribution < -0.4 is 4.98 Å². The molecule has 1 aromatic carbocycles. The van der Waals surface area contributed by atoms with Gasteiger partial charge in [0.25, 0.3) is 0 Å². The predicted molar refractivity (Wildman–Crippen MR) is 66.2 cm³/mol. The first kappa shape index (κ1) is 10.7. The molecule has 1 nitrogen and oxygen atoms in total. The quantitative estimate of drug-likeness (QED) is 0.518. The van der Waals surface area contributed by atoms with Crippen molar-refractivity contribution in [3.8, 4) is 0 Å². The molecule has 0 radical (unpaired) electrons. The zero-order valence-corrected chi connectivity index (χ0v) is 11.8. The minimum Gasteiger partial charge on any atom is -0.342 e. The van der Waals surface area contributed by atoms with E-state index in [2.05, 4.69) is 35.3 Å². The van der Waals surface area contributed by atoms with Gasteiger partial charge in [-0.3, -0.25) is 0 Å². The van der Waals surface area contributed by atoms with E-state index in [0.29, 0.717) is 0 Å². The van der Waals surface area contributed by atoms with Gasteiger partial charge in [0.05, 0.1) is 9.68 Å². The van der Waals surface area contributed by atoms with Gasteiger partial charge in [-0.15, -0.1) is 0 Å². The molecule has 0 aromatic heterocycles. The molecule has 0 saturated carbocycles. The normalized spacial score (nSPS) is 11.4.